The lowest BCUT2D eigenvalue weighted by Gasteiger charge is -2.18. The molecule has 1 saturated carbocycles. The summed E-state index contributed by atoms with van der Waals surface area (Å²) in [5.74, 6) is 6.31. The Hall–Kier alpha value is -0.770. The van der Waals surface area contributed by atoms with Gasteiger partial charge in [-0.2, -0.15) is 0 Å². The van der Waals surface area contributed by atoms with Crippen LogP contribution in [0.1, 0.15) is 45.4 Å². The Labute approximate surface area is 74.5 Å². The fourth-order valence-corrected chi connectivity index (χ4v) is 1.74. The molecule has 0 radical (unpaired) electrons. The van der Waals surface area contributed by atoms with E-state index < -0.39 is 0 Å². The molecule has 0 aliphatic heterocycles. The zero-order chi connectivity index (χ0) is 8.81. The fourth-order valence-electron chi connectivity index (χ4n) is 1.74. The minimum atomic E-state index is 0.333. The molecule has 0 spiro atoms. The summed E-state index contributed by atoms with van der Waals surface area (Å²) in [5, 5.41) is 0. The summed E-state index contributed by atoms with van der Waals surface area (Å²) in [6, 6.07) is 0. The van der Waals surface area contributed by atoms with E-state index in [4.69, 9.17) is 0 Å². The monoisotopic (exact) mass is 164 g/mol. The van der Waals surface area contributed by atoms with E-state index in [0.717, 1.165) is 12.8 Å². The van der Waals surface area contributed by atoms with Gasteiger partial charge in [-0.15, -0.1) is 5.92 Å². The van der Waals surface area contributed by atoms with Gasteiger partial charge in [-0.25, -0.2) is 0 Å². The molecule has 0 aromatic rings. The number of Topliss-reactive ketones (excluding diaryl/α,β-unsaturated/α-hetero) is 1. The first-order valence-corrected chi connectivity index (χ1v) is 4.77. The molecule has 0 bridgehead atoms. The first kappa shape index (κ1) is 9.32. The largest absolute Gasteiger partial charge is 0.298 e. The van der Waals surface area contributed by atoms with Crippen molar-refractivity contribution in [1.82, 2.24) is 0 Å². The highest BCUT2D eigenvalue weighted by Crippen LogP contribution is 2.24. The number of hydrogen-bond donors (Lipinski definition) is 0. The normalized spacial score (nSPS) is 18.1. The van der Waals surface area contributed by atoms with E-state index in [1.165, 1.54) is 19.3 Å². The van der Waals surface area contributed by atoms with Crippen LogP contribution in [-0.4, -0.2) is 5.78 Å². The fraction of sp³-hybridized carbons (Fsp3) is 0.727. The van der Waals surface area contributed by atoms with E-state index in [1.807, 2.05) is 0 Å². The Bertz CT molecular complexity index is 201. The minimum absolute atomic E-state index is 0.333. The van der Waals surface area contributed by atoms with Crippen LogP contribution in [0.3, 0.4) is 0 Å². The van der Waals surface area contributed by atoms with Crippen LogP contribution in [0.2, 0.25) is 0 Å². The molecule has 1 fully saturated rings. The van der Waals surface area contributed by atoms with Gasteiger partial charge in [0.1, 0.15) is 5.78 Å². The van der Waals surface area contributed by atoms with Crippen LogP contribution in [0.4, 0.5) is 0 Å². The van der Waals surface area contributed by atoms with Crippen molar-refractivity contribution >= 4 is 5.78 Å². The van der Waals surface area contributed by atoms with Crippen molar-refractivity contribution in [2.45, 2.75) is 45.4 Å². The standard InChI is InChI=1S/C11H16O/c1-2-3-9-11(12)10-7-5-4-6-8-10/h10H,4-9H2,1H3. The SMILES string of the molecule is CC#CCC(=O)C1CCCCC1. The molecule has 66 valence electrons. The highest BCUT2D eigenvalue weighted by molar-refractivity contribution is 5.83. The Morgan fingerprint density at radius 3 is 2.58 bits per heavy atom. The van der Waals surface area contributed by atoms with Crippen molar-refractivity contribution in [3.63, 3.8) is 0 Å². The lowest BCUT2D eigenvalue weighted by molar-refractivity contribution is -0.122. The predicted octanol–water partition coefficient (Wildman–Crippen LogP) is 2.55. The lowest BCUT2D eigenvalue weighted by Crippen LogP contribution is -2.16. The van der Waals surface area contributed by atoms with Crippen molar-refractivity contribution in [3.05, 3.63) is 0 Å². The maximum Gasteiger partial charge on any atom is 0.147 e. The van der Waals surface area contributed by atoms with Gasteiger partial charge in [-0.1, -0.05) is 25.2 Å². The van der Waals surface area contributed by atoms with Crippen LogP contribution in [-0.2, 0) is 4.79 Å². The predicted molar refractivity (Wildman–Crippen MR) is 49.6 cm³/mol. The molecule has 1 heteroatoms. The molecule has 0 aromatic carbocycles. The van der Waals surface area contributed by atoms with Crippen LogP contribution < -0.4 is 0 Å². The Kier molecular flexibility index (Phi) is 3.87. The van der Waals surface area contributed by atoms with Gasteiger partial charge < -0.3 is 0 Å². The Morgan fingerprint density at radius 1 is 1.33 bits per heavy atom. The van der Waals surface area contributed by atoms with Gasteiger partial charge in [0, 0.05) is 5.92 Å². The summed E-state index contributed by atoms with van der Waals surface area (Å²) >= 11 is 0. The quantitative estimate of drug-likeness (QED) is 0.573. The van der Waals surface area contributed by atoms with Crippen molar-refractivity contribution in [1.29, 1.82) is 0 Å². The average molecular weight is 164 g/mol. The van der Waals surface area contributed by atoms with Crippen molar-refractivity contribution < 1.29 is 4.79 Å². The summed E-state index contributed by atoms with van der Waals surface area (Å²) in [6.07, 6.45) is 6.45. The van der Waals surface area contributed by atoms with Gasteiger partial charge >= 0.3 is 0 Å². The van der Waals surface area contributed by atoms with Gasteiger partial charge in [0.05, 0.1) is 6.42 Å². The van der Waals surface area contributed by atoms with Crippen LogP contribution in [0.15, 0.2) is 0 Å². The lowest BCUT2D eigenvalue weighted by atomic mass is 9.85. The van der Waals surface area contributed by atoms with Gasteiger partial charge in [0.15, 0.2) is 0 Å². The second-order valence-corrected chi connectivity index (χ2v) is 3.40. The average Bonchev–Trinajstić information content (AvgIpc) is 2.15. The summed E-state index contributed by atoms with van der Waals surface area (Å²) in [5.41, 5.74) is 0. The first-order valence-electron chi connectivity index (χ1n) is 4.77. The second kappa shape index (κ2) is 4.98. The highest BCUT2D eigenvalue weighted by Gasteiger charge is 2.19. The van der Waals surface area contributed by atoms with E-state index in [0.29, 0.717) is 18.1 Å². The highest BCUT2D eigenvalue weighted by atomic mass is 16.1. The van der Waals surface area contributed by atoms with Crippen molar-refractivity contribution in [3.8, 4) is 11.8 Å². The molecule has 0 unspecified atom stereocenters. The van der Waals surface area contributed by atoms with E-state index in [2.05, 4.69) is 11.8 Å². The number of carbonyl (C=O) groups is 1. The third kappa shape index (κ3) is 2.70. The van der Waals surface area contributed by atoms with Crippen molar-refractivity contribution in [2.75, 3.05) is 0 Å². The number of hydrogen-bond acceptors (Lipinski definition) is 1. The molecule has 1 rings (SSSR count). The van der Waals surface area contributed by atoms with E-state index in [1.54, 1.807) is 6.92 Å². The van der Waals surface area contributed by atoms with Crippen LogP contribution in [0.5, 0.6) is 0 Å². The maximum absolute atomic E-state index is 11.5. The zero-order valence-electron chi connectivity index (χ0n) is 7.73. The molecular weight excluding hydrogens is 148 g/mol. The minimum Gasteiger partial charge on any atom is -0.298 e. The molecule has 1 aliphatic carbocycles. The Morgan fingerprint density at radius 2 is 2.00 bits per heavy atom. The molecule has 0 atom stereocenters. The molecule has 1 aliphatic rings. The topological polar surface area (TPSA) is 17.1 Å². The van der Waals surface area contributed by atoms with Gasteiger partial charge in [0.25, 0.3) is 0 Å². The third-order valence-electron chi connectivity index (χ3n) is 2.50. The smallest absolute Gasteiger partial charge is 0.147 e. The molecule has 0 saturated heterocycles. The zero-order valence-corrected chi connectivity index (χ0v) is 7.73. The van der Waals surface area contributed by atoms with Gasteiger partial charge in [0.2, 0.25) is 0 Å². The van der Waals surface area contributed by atoms with Crippen molar-refractivity contribution in [2.24, 2.45) is 5.92 Å². The number of ketones is 1. The Balaban J connectivity index is 2.33. The summed E-state index contributed by atoms with van der Waals surface area (Å²) in [6.45, 7) is 1.79. The van der Waals surface area contributed by atoms with E-state index >= 15 is 0 Å². The summed E-state index contributed by atoms with van der Waals surface area (Å²) in [7, 11) is 0. The molecule has 0 heterocycles. The molecule has 1 nitrogen and oxygen atoms in total. The molecular formula is C11H16O. The first-order chi connectivity index (χ1) is 5.84. The van der Waals surface area contributed by atoms with Gasteiger partial charge in [-0.05, 0) is 19.8 Å². The second-order valence-electron chi connectivity index (χ2n) is 3.40. The number of carbonyl (C=O) groups excluding carboxylic acids is 1. The third-order valence-corrected chi connectivity index (χ3v) is 2.50. The molecule has 0 aromatic heterocycles. The molecule has 12 heavy (non-hydrogen) atoms. The molecule has 0 N–H and O–H groups in total. The van der Waals surface area contributed by atoms with Crippen LogP contribution >= 0.6 is 0 Å². The summed E-state index contributed by atoms with van der Waals surface area (Å²) in [4.78, 5) is 11.5. The molecule has 0 amide bonds. The maximum atomic E-state index is 11.5. The number of rotatable bonds is 2. The summed E-state index contributed by atoms with van der Waals surface area (Å²) < 4.78 is 0. The van der Waals surface area contributed by atoms with Crippen LogP contribution in [0.25, 0.3) is 0 Å². The van der Waals surface area contributed by atoms with Crippen LogP contribution in [0, 0.1) is 17.8 Å². The van der Waals surface area contributed by atoms with Gasteiger partial charge in [-0.3, -0.25) is 4.79 Å². The van der Waals surface area contributed by atoms with E-state index in [9.17, 15) is 4.79 Å². The van der Waals surface area contributed by atoms with E-state index in [-0.39, 0.29) is 0 Å².